The van der Waals surface area contributed by atoms with Crippen LogP contribution in [0.5, 0.6) is 0 Å². The molecule has 4 nitrogen and oxygen atoms in total. The molecule has 0 aliphatic carbocycles. The predicted molar refractivity (Wildman–Crippen MR) is 73.9 cm³/mol. The van der Waals surface area contributed by atoms with Crippen molar-refractivity contribution in [2.75, 3.05) is 6.54 Å². The van der Waals surface area contributed by atoms with Gasteiger partial charge in [0, 0.05) is 18.3 Å². The summed E-state index contributed by atoms with van der Waals surface area (Å²) in [6.07, 6.45) is 0.734. The summed E-state index contributed by atoms with van der Waals surface area (Å²) >= 11 is 6.46. The Morgan fingerprint density at radius 1 is 1.65 bits per heavy atom. The first-order valence-electron chi connectivity index (χ1n) is 5.46. The molecule has 1 unspecified atom stereocenters. The van der Waals surface area contributed by atoms with Gasteiger partial charge in [0.1, 0.15) is 0 Å². The number of rotatable bonds is 6. The van der Waals surface area contributed by atoms with E-state index in [9.17, 15) is 4.79 Å². The van der Waals surface area contributed by atoms with Gasteiger partial charge in [0.2, 0.25) is 5.91 Å². The molecule has 0 fully saturated rings. The van der Waals surface area contributed by atoms with E-state index in [4.69, 9.17) is 18.0 Å². The summed E-state index contributed by atoms with van der Waals surface area (Å²) in [4.78, 5) is 16.3. The Morgan fingerprint density at radius 2 is 2.35 bits per heavy atom. The third kappa shape index (κ3) is 4.40. The average Bonchev–Trinajstić information content (AvgIpc) is 2.69. The van der Waals surface area contributed by atoms with Crippen LogP contribution in [0.2, 0.25) is 0 Å². The lowest BCUT2D eigenvalue weighted by Gasteiger charge is -2.18. The van der Waals surface area contributed by atoms with Crippen LogP contribution in [0.4, 0.5) is 0 Å². The van der Waals surface area contributed by atoms with E-state index in [0.29, 0.717) is 6.54 Å². The van der Waals surface area contributed by atoms with E-state index >= 15 is 0 Å². The second-order valence-electron chi connectivity index (χ2n) is 4.14. The van der Waals surface area contributed by atoms with Crippen molar-refractivity contribution < 1.29 is 4.79 Å². The molecule has 0 bridgehead atoms. The van der Waals surface area contributed by atoms with Crippen LogP contribution in [0.15, 0.2) is 10.9 Å². The maximum Gasteiger partial charge on any atom is 0.230 e. The lowest BCUT2D eigenvalue weighted by molar-refractivity contribution is -0.123. The zero-order chi connectivity index (χ0) is 12.8. The molecular weight excluding hydrogens is 254 g/mol. The molecule has 0 saturated carbocycles. The van der Waals surface area contributed by atoms with Crippen LogP contribution < -0.4 is 11.1 Å². The van der Waals surface area contributed by atoms with E-state index in [-0.39, 0.29) is 22.7 Å². The minimum absolute atomic E-state index is 0.0947. The zero-order valence-electron chi connectivity index (χ0n) is 9.97. The van der Waals surface area contributed by atoms with Crippen LogP contribution in [-0.2, 0) is 11.2 Å². The Morgan fingerprint density at radius 3 is 2.82 bits per heavy atom. The van der Waals surface area contributed by atoms with E-state index in [1.165, 1.54) is 0 Å². The molecule has 0 aliphatic rings. The predicted octanol–water partition coefficient (Wildman–Crippen LogP) is 1.36. The van der Waals surface area contributed by atoms with Gasteiger partial charge >= 0.3 is 0 Å². The molecule has 94 valence electrons. The topological polar surface area (TPSA) is 68.0 Å². The van der Waals surface area contributed by atoms with Gasteiger partial charge in [0.25, 0.3) is 0 Å². The average molecular weight is 271 g/mol. The van der Waals surface area contributed by atoms with E-state index in [1.807, 2.05) is 19.2 Å². The molecule has 0 aliphatic heterocycles. The maximum absolute atomic E-state index is 11.9. The molecule has 0 spiro atoms. The molecule has 0 aromatic carbocycles. The summed E-state index contributed by atoms with van der Waals surface area (Å²) in [5, 5.41) is 4.81. The molecule has 1 amide bonds. The number of carbonyl (C=O) groups is 1. The minimum atomic E-state index is -0.388. The summed E-state index contributed by atoms with van der Waals surface area (Å²) < 4.78 is 0. The highest BCUT2D eigenvalue weighted by atomic mass is 32.1. The summed E-state index contributed by atoms with van der Waals surface area (Å²) in [5.74, 6) is -0.366. The Hall–Kier alpha value is -1.01. The molecule has 17 heavy (non-hydrogen) atoms. The lowest BCUT2D eigenvalue weighted by Crippen LogP contribution is -2.41. The fraction of sp³-hybridized carbons (Fsp3) is 0.545. The van der Waals surface area contributed by atoms with Crippen LogP contribution in [0.1, 0.15) is 19.5 Å². The summed E-state index contributed by atoms with van der Waals surface area (Å²) in [5.41, 5.74) is 8.34. The van der Waals surface area contributed by atoms with Crippen LogP contribution in [0.3, 0.4) is 0 Å². The molecular formula is C11H17N3OS2. The Balaban J connectivity index is 2.40. The zero-order valence-corrected chi connectivity index (χ0v) is 11.6. The number of amides is 1. The van der Waals surface area contributed by atoms with Gasteiger partial charge in [-0.3, -0.25) is 4.79 Å². The number of aromatic nitrogens is 1. The van der Waals surface area contributed by atoms with E-state index < -0.39 is 0 Å². The number of nitrogens with zero attached hydrogens (tertiary/aromatic N) is 1. The van der Waals surface area contributed by atoms with E-state index in [1.54, 1.807) is 16.8 Å². The largest absolute Gasteiger partial charge is 0.393 e. The lowest BCUT2D eigenvalue weighted by atomic mass is 9.95. The molecule has 1 aromatic heterocycles. The molecule has 1 heterocycles. The smallest absolute Gasteiger partial charge is 0.230 e. The van der Waals surface area contributed by atoms with Crippen molar-refractivity contribution in [3.8, 4) is 0 Å². The number of carbonyl (C=O) groups excluding carboxylic acids is 1. The normalized spacial score (nSPS) is 12.4. The molecule has 0 radical (unpaired) electrons. The third-order valence-electron chi connectivity index (χ3n) is 2.42. The molecule has 3 N–H and O–H groups in total. The summed E-state index contributed by atoms with van der Waals surface area (Å²) in [6.45, 7) is 4.43. The van der Waals surface area contributed by atoms with Gasteiger partial charge in [-0.25, -0.2) is 4.98 Å². The van der Waals surface area contributed by atoms with E-state index in [2.05, 4.69) is 10.3 Å². The van der Waals surface area contributed by atoms with Gasteiger partial charge in [0.05, 0.1) is 22.1 Å². The molecule has 6 heteroatoms. The Bertz CT molecular complexity index is 376. The SMILES string of the molecule is CC(C)C(C(=O)NCCc1cscn1)C(N)=S. The van der Waals surface area contributed by atoms with Crippen molar-refractivity contribution in [2.24, 2.45) is 17.6 Å². The second kappa shape index (κ2) is 6.66. The fourth-order valence-corrected chi connectivity index (χ4v) is 2.52. The first-order valence-corrected chi connectivity index (χ1v) is 6.81. The Labute approximate surface area is 111 Å². The third-order valence-corrected chi connectivity index (χ3v) is 3.31. The minimum Gasteiger partial charge on any atom is -0.393 e. The van der Waals surface area contributed by atoms with Gasteiger partial charge in [-0.2, -0.15) is 0 Å². The number of hydrogen-bond acceptors (Lipinski definition) is 4. The first kappa shape index (κ1) is 14.1. The van der Waals surface area contributed by atoms with Crippen molar-refractivity contribution in [1.82, 2.24) is 10.3 Å². The van der Waals surface area contributed by atoms with Gasteiger partial charge in [-0.05, 0) is 5.92 Å². The standard InChI is InChI=1S/C11H17N3OS2/c1-7(2)9(10(12)16)11(15)13-4-3-8-5-17-6-14-8/h5-7,9H,3-4H2,1-2H3,(H2,12,16)(H,13,15). The van der Waals surface area contributed by atoms with Crippen LogP contribution in [-0.4, -0.2) is 22.4 Å². The monoisotopic (exact) mass is 271 g/mol. The van der Waals surface area contributed by atoms with Crippen LogP contribution in [0.25, 0.3) is 0 Å². The molecule has 0 saturated heterocycles. The molecule has 1 aromatic rings. The maximum atomic E-state index is 11.9. The van der Waals surface area contributed by atoms with Gasteiger partial charge in [0.15, 0.2) is 0 Å². The molecule has 1 rings (SSSR count). The first-order chi connectivity index (χ1) is 8.02. The van der Waals surface area contributed by atoms with Crippen molar-refractivity contribution in [3.05, 3.63) is 16.6 Å². The molecule has 1 atom stereocenters. The number of thiocarbonyl (C=S) groups is 1. The highest BCUT2D eigenvalue weighted by molar-refractivity contribution is 7.80. The quantitative estimate of drug-likeness (QED) is 0.767. The van der Waals surface area contributed by atoms with Crippen molar-refractivity contribution in [1.29, 1.82) is 0 Å². The highest BCUT2D eigenvalue weighted by Gasteiger charge is 2.24. The number of nitrogens with one attached hydrogen (secondary N) is 1. The fourth-order valence-electron chi connectivity index (χ4n) is 1.55. The summed E-state index contributed by atoms with van der Waals surface area (Å²) in [6, 6.07) is 0. The number of nitrogens with two attached hydrogens (primary N) is 1. The van der Waals surface area contributed by atoms with E-state index in [0.717, 1.165) is 12.1 Å². The van der Waals surface area contributed by atoms with Crippen LogP contribution >= 0.6 is 23.6 Å². The van der Waals surface area contributed by atoms with Crippen LogP contribution in [0, 0.1) is 11.8 Å². The van der Waals surface area contributed by atoms with Crippen molar-refractivity contribution >= 4 is 34.5 Å². The summed E-state index contributed by atoms with van der Waals surface area (Å²) in [7, 11) is 0. The van der Waals surface area contributed by atoms with Gasteiger partial charge < -0.3 is 11.1 Å². The van der Waals surface area contributed by atoms with Gasteiger partial charge in [-0.15, -0.1) is 11.3 Å². The number of thiazole rings is 1. The number of hydrogen-bond donors (Lipinski definition) is 2. The highest BCUT2D eigenvalue weighted by Crippen LogP contribution is 2.11. The van der Waals surface area contributed by atoms with Crippen molar-refractivity contribution in [3.63, 3.8) is 0 Å². The second-order valence-corrected chi connectivity index (χ2v) is 5.33. The van der Waals surface area contributed by atoms with Gasteiger partial charge in [-0.1, -0.05) is 26.1 Å². The Kier molecular flexibility index (Phi) is 5.50. The van der Waals surface area contributed by atoms with Crippen molar-refractivity contribution in [2.45, 2.75) is 20.3 Å².